The largest absolute Gasteiger partial charge is 0.376 e. The number of amides is 3. The van der Waals surface area contributed by atoms with Crippen molar-refractivity contribution in [1.82, 2.24) is 10.6 Å². The van der Waals surface area contributed by atoms with Crippen LogP contribution in [0.4, 0.5) is 9.18 Å². The number of benzene rings is 1. The fourth-order valence-corrected chi connectivity index (χ4v) is 2.46. The Hall–Kier alpha value is -2.15. The lowest BCUT2D eigenvalue weighted by Crippen LogP contribution is -2.38. The van der Waals surface area contributed by atoms with Crippen LogP contribution in [0.5, 0.6) is 0 Å². The van der Waals surface area contributed by atoms with E-state index >= 15 is 0 Å². The number of nitrogens with one attached hydrogen (secondary N) is 2. The van der Waals surface area contributed by atoms with Crippen LogP contribution >= 0.6 is 0 Å². The summed E-state index contributed by atoms with van der Waals surface area (Å²) in [5, 5.41) is 5.14. The number of primary amides is 1. The molecule has 6 nitrogen and oxygen atoms in total. The van der Waals surface area contributed by atoms with Crippen molar-refractivity contribution in [2.75, 3.05) is 13.2 Å². The second-order valence-corrected chi connectivity index (χ2v) is 5.23. The van der Waals surface area contributed by atoms with Gasteiger partial charge in [-0.1, -0.05) is 18.2 Å². The third-order valence-corrected chi connectivity index (χ3v) is 3.54. The third-order valence-electron chi connectivity index (χ3n) is 3.54. The van der Waals surface area contributed by atoms with Crippen molar-refractivity contribution in [1.29, 1.82) is 0 Å². The van der Waals surface area contributed by atoms with Crippen LogP contribution in [0, 0.1) is 5.82 Å². The zero-order valence-corrected chi connectivity index (χ0v) is 12.2. The number of halogens is 1. The highest BCUT2D eigenvalue weighted by Crippen LogP contribution is 2.20. The highest BCUT2D eigenvalue weighted by molar-refractivity contribution is 5.78. The summed E-state index contributed by atoms with van der Waals surface area (Å²) in [4.78, 5) is 23.1. The Bertz CT molecular complexity index is 533. The molecule has 2 atom stereocenters. The Labute approximate surface area is 128 Å². The highest BCUT2D eigenvalue weighted by atomic mass is 19.1. The van der Waals surface area contributed by atoms with E-state index in [2.05, 4.69) is 10.6 Å². The molecule has 0 aliphatic carbocycles. The fourth-order valence-electron chi connectivity index (χ4n) is 2.46. The van der Waals surface area contributed by atoms with Crippen molar-refractivity contribution in [2.24, 2.45) is 5.73 Å². The molecule has 0 radical (unpaired) electrons. The average Bonchev–Trinajstić information content (AvgIpc) is 2.98. The van der Waals surface area contributed by atoms with Crippen molar-refractivity contribution in [3.05, 3.63) is 35.6 Å². The molecule has 7 heteroatoms. The molecule has 2 rings (SSSR count). The molecule has 4 N–H and O–H groups in total. The molecule has 3 amide bonds. The van der Waals surface area contributed by atoms with Crippen molar-refractivity contribution in [3.63, 3.8) is 0 Å². The van der Waals surface area contributed by atoms with Gasteiger partial charge in [0.1, 0.15) is 5.82 Å². The van der Waals surface area contributed by atoms with Crippen LogP contribution in [0.2, 0.25) is 0 Å². The predicted octanol–water partition coefficient (Wildman–Crippen LogP) is 1.22. The number of rotatable bonds is 6. The van der Waals surface area contributed by atoms with E-state index in [1.807, 2.05) is 0 Å². The van der Waals surface area contributed by atoms with Crippen LogP contribution in [0.25, 0.3) is 0 Å². The highest BCUT2D eigenvalue weighted by Gasteiger charge is 2.22. The molecule has 120 valence electrons. The summed E-state index contributed by atoms with van der Waals surface area (Å²) in [5.74, 6) is -0.786. The van der Waals surface area contributed by atoms with Gasteiger partial charge in [-0.25, -0.2) is 9.18 Å². The summed E-state index contributed by atoms with van der Waals surface area (Å²) in [6, 6.07) is 4.36. The second-order valence-electron chi connectivity index (χ2n) is 5.23. The molecule has 1 saturated heterocycles. The molecule has 1 aromatic carbocycles. The number of nitrogens with two attached hydrogens (primary N) is 1. The molecule has 0 unspecified atom stereocenters. The van der Waals surface area contributed by atoms with Crippen LogP contribution in [0.3, 0.4) is 0 Å². The van der Waals surface area contributed by atoms with Gasteiger partial charge in [0.15, 0.2) is 0 Å². The van der Waals surface area contributed by atoms with E-state index in [0.29, 0.717) is 13.2 Å². The minimum absolute atomic E-state index is 0.0277. The molecule has 1 aliphatic heterocycles. The first-order valence-corrected chi connectivity index (χ1v) is 7.25. The van der Waals surface area contributed by atoms with E-state index in [4.69, 9.17) is 10.5 Å². The van der Waals surface area contributed by atoms with Crippen LogP contribution in [0.15, 0.2) is 24.3 Å². The summed E-state index contributed by atoms with van der Waals surface area (Å²) in [7, 11) is 0. The van der Waals surface area contributed by atoms with Gasteiger partial charge < -0.3 is 21.1 Å². The maximum absolute atomic E-state index is 13.8. The maximum atomic E-state index is 13.8. The lowest BCUT2D eigenvalue weighted by molar-refractivity contribution is -0.122. The topological polar surface area (TPSA) is 93.5 Å². The summed E-state index contributed by atoms with van der Waals surface area (Å²) in [6.07, 6.45) is 1.84. The molecule has 0 spiro atoms. The van der Waals surface area contributed by atoms with E-state index in [1.165, 1.54) is 18.2 Å². The van der Waals surface area contributed by atoms with Crippen LogP contribution < -0.4 is 16.4 Å². The van der Waals surface area contributed by atoms with Gasteiger partial charge in [-0.2, -0.15) is 0 Å². The fraction of sp³-hybridized carbons (Fsp3) is 0.467. The number of hydrogen-bond donors (Lipinski definition) is 3. The number of carbonyl (C=O) groups is 2. The van der Waals surface area contributed by atoms with E-state index in [0.717, 1.165) is 12.8 Å². The van der Waals surface area contributed by atoms with Crippen molar-refractivity contribution < 1.29 is 18.7 Å². The number of urea groups is 1. The Morgan fingerprint density at radius 3 is 2.82 bits per heavy atom. The van der Waals surface area contributed by atoms with Gasteiger partial charge in [0.05, 0.1) is 18.6 Å². The number of hydrogen-bond acceptors (Lipinski definition) is 3. The molecular formula is C15H20FN3O3. The van der Waals surface area contributed by atoms with Crippen molar-refractivity contribution >= 4 is 11.9 Å². The third kappa shape index (κ3) is 4.70. The lowest BCUT2D eigenvalue weighted by Gasteiger charge is -2.19. The van der Waals surface area contributed by atoms with Crippen LogP contribution in [-0.2, 0) is 9.53 Å². The first-order chi connectivity index (χ1) is 10.6. The summed E-state index contributed by atoms with van der Waals surface area (Å²) in [5.41, 5.74) is 5.34. The Morgan fingerprint density at radius 1 is 1.41 bits per heavy atom. The molecule has 1 aromatic rings. The van der Waals surface area contributed by atoms with Crippen LogP contribution in [-0.4, -0.2) is 31.2 Å². The molecule has 1 fully saturated rings. The zero-order valence-electron chi connectivity index (χ0n) is 12.2. The van der Waals surface area contributed by atoms with E-state index in [1.54, 1.807) is 6.07 Å². The molecule has 1 aliphatic rings. The Balaban J connectivity index is 1.95. The molecule has 22 heavy (non-hydrogen) atoms. The summed E-state index contributed by atoms with van der Waals surface area (Å²) in [6.45, 7) is 1.13. The van der Waals surface area contributed by atoms with Gasteiger partial charge in [0, 0.05) is 18.7 Å². The second kappa shape index (κ2) is 7.74. The quantitative estimate of drug-likeness (QED) is 0.737. The first kappa shape index (κ1) is 16.2. The minimum atomic E-state index is -0.805. The minimum Gasteiger partial charge on any atom is -0.376 e. The van der Waals surface area contributed by atoms with E-state index < -0.39 is 17.9 Å². The molecule has 0 bridgehead atoms. The Morgan fingerprint density at radius 2 is 2.18 bits per heavy atom. The normalized spacial score (nSPS) is 18.7. The zero-order chi connectivity index (χ0) is 15.9. The molecular weight excluding hydrogens is 289 g/mol. The van der Waals surface area contributed by atoms with Crippen molar-refractivity contribution in [2.45, 2.75) is 31.4 Å². The number of carbonyl (C=O) groups excluding carboxylic acids is 2. The maximum Gasteiger partial charge on any atom is 0.312 e. The Kier molecular flexibility index (Phi) is 5.71. The standard InChI is InChI=1S/C15H20FN3O3/c16-12-6-2-1-5-11(12)13(19-15(17)21)8-14(20)18-9-10-4-3-7-22-10/h1-2,5-6,10,13H,3-4,7-9H2,(H,18,20)(H3,17,19,21)/t10-,13+/m0/s1. The van der Waals surface area contributed by atoms with Gasteiger partial charge in [0.2, 0.25) is 5.91 Å². The van der Waals surface area contributed by atoms with E-state index in [9.17, 15) is 14.0 Å². The lowest BCUT2D eigenvalue weighted by atomic mass is 10.0. The van der Waals surface area contributed by atoms with Gasteiger partial charge in [-0.15, -0.1) is 0 Å². The summed E-state index contributed by atoms with van der Waals surface area (Å²) >= 11 is 0. The average molecular weight is 309 g/mol. The molecule has 1 heterocycles. The molecule has 0 saturated carbocycles. The molecule has 0 aromatic heterocycles. The SMILES string of the molecule is NC(=O)N[C@H](CC(=O)NC[C@@H]1CCCO1)c1ccccc1F. The summed E-state index contributed by atoms with van der Waals surface area (Å²) < 4.78 is 19.2. The van der Waals surface area contributed by atoms with Crippen LogP contribution in [0.1, 0.15) is 30.9 Å². The smallest absolute Gasteiger partial charge is 0.312 e. The van der Waals surface area contributed by atoms with E-state index in [-0.39, 0.29) is 24.0 Å². The van der Waals surface area contributed by atoms with Crippen molar-refractivity contribution in [3.8, 4) is 0 Å². The van der Waals surface area contributed by atoms with Gasteiger partial charge in [-0.3, -0.25) is 4.79 Å². The first-order valence-electron chi connectivity index (χ1n) is 7.25. The van der Waals surface area contributed by atoms with Gasteiger partial charge in [0.25, 0.3) is 0 Å². The predicted molar refractivity (Wildman–Crippen MR) is 78.5 cm³/mol. The van der Waals surface area contributed by atoms with Gasteiger partial charge >= 0.3 is 6.03 Å². The van der Waals surface area contributed by atoms with Gasteiger partial charge in [-0.05, 0) is 18.9 Å². The monoisotopic (exact) mass is 309 g/mol. The number of ether oxygens (including phenoxy) is 1.